The molecule has 0 bridgehead atoms. The molecule has 0 spiro atoms. The van der Waals surface area contributed by atoms with Gasteiger partial charge in [0.2, 0.25) is 0 Å². The van der Waals surface area contributed by atoms with Gasteiger partial charge in [-0.25, -0.2) is 0 Å². The van der Waals surface area contributed by atoms with Crippen molar-refractivity contribution in [3.8, 4) is 0 Å². The molecule has 10 nitrogen and oxygen atoms in total. The van der Waals surface area contributed by atoms with Gasteiger partial charge in [-0.1, -0.05) is 267 Å². The molecule has 0 aliphatic carbocycles. The molecule has 2 atom stereocenters. The molecular weight excluding hydrogens is 1180 g/mol. The Morgan fingerprint density at radius 3 is 0.968 bits per heavy atom. The van der Waals surface area contributed by atoms with E-state index in [0.29, 0.717) is 52.0 Å². The minimum atomic E-state index is -0.160. The average molecular weight is 1330 g/mol. The van der Waals surface area contributed by atoms with E-state index in [1.165, 1.54) is 103 Å². The second kappa shape index (κ2) is 75.5. The van der Waals surface area contributed by atoms with E-state index in [9.17, 15) is 19.2 Å². The van der Waals surface area contributed by atoms with Gasteiger partial charge >= 0.3 is 23.9 Å². The second-order valence-corrected chi connectivity index (χ2v) is 26.5. The maximum Gasteiger partial charge on any atom is 0.307 e. The highest BCUT2D eigenvalue weighted by Gasteiger charge is 2.16. The number of nitrogens with zero attached hydrogens (tertiary/aromatic N) is 2. The summed E-state index contributed by atoms with van der Waals surface area (Å²) in [5, 5.41) is 0. The number of hydrogen-bond acceptors (Lipinski definition) is 10. The van der Waals surface area contributed by atoms with Gasteiger partial charge in [0.15, 0.2) is 0 Å². The largest absolute Gasteiger partial charge is 0.466 e. The standard InChI is InChI=1S/C85H150N2O8/c1-7-13-17-21-23-25-27-29-31-33-35-41-47-53-61-70-84(90)94-80(66-57-19-15-9-3)68-59-51-45-39-37-43-49-55-63-78-92-82(88)72-76-87(75-65-74-86(11-5)12-6)77-73-83(89)93-79-64-56-50-44-38-40-46-52-60-69-81(67-58-20-16-10-4)95-85(91)71-62-54-48-42-36-34-32-30-28-26-24-22-18-14-8-2/h13-14,17-18,23-26,29-32,51-52,59-60,80-81H,7-12,15-16,19-22,27-28,33-50,53-58,61-79H2,1-6H3/b17-13-,18-14-,25-23-,26-24-,31-29-,32-30-,59-51-,60-52-. The Morgan fingerprint density at radius 2 is 0.600 bits per heavy atom. The van der Waals surface area contributed by atoms with Gasteiger partial charge in [0, 0.05) is 38.8 Å². The number of hydrogen-bond donors (Lipinski definition) is 0. The van der Waals surface area contributed by atoms with Crippen LogP contribution in [-0.2, 0) is 38.1 Å². The van der Waals surface area contributed by atoms with Crippen molar-refractivity contribution in [2.24, 2.45) is 0 Å². The van der Waals surface area contributed by atoms with E-state index in [-0.39, 0.29) is 36.1 Å². The topological polar surface area (TPSA) is 112 Å². The Kier molecular flexibility index (Phi) is 72.1. The predicted molar refractivity (Wildman–Crippen MR) is 408 cm³/mol. The average Bonchev–Trinajstić information content (AvgIpc) is 3.62. The number of carbonyl (C=O) groups is 4. The summed E-state index contributed by atoms with van der Waals surface area (Å²) in [7, 11) is 0. The van der Waals surface area contributed by atoms with Crippen molar-refractivity contribution in [2.75, 3.05) is 52.5 Å². The SMILES string of the molecule is CC/C=C\C/C=C\C/C=C\CCCCCCCC(=O)OC(C/C=C\CCCCCCCCOC(=O)CCN(CCCN(CC)CC)CCC(=O)OCCCCCCCC/C=C\CC(CCCCCC)OC(=O)CCCCCCC/C=C\C/C=C\C/C=C\CC)CCCCCC. The van der Waals surface area contributed by atoms with E-state index < -0.39 is 0 Å². The zero-order valence-corrected chi connectivity index (χ0v) is 62.9. The van der Waals surface area contributed by atoms with Crippen molar-refractivity contribution in [2.45, 2.75) is 368 Å². The fraction of sp³-hybridized carbons (Fsp3) is 0.765. The van der Waals surface area contributed by atoms with Gasteiger partial charge in [-0.3, -0.25) is 19.2 Å². The molecule has 0 saturated heterocycles. The quantitative estimate of drug-likeness (QED) is 0.0253. The van der Waals surface area contributed by atoms with Crippen LogP contribution in [-0.4, -0.2) is 98.4 Å². The van der Waals surface area contributed by atoms with E-state index in [0.717, 1.165) is 212 Å². The molecule has 0 aliphatic heterocycles. The van der Waals surface area contributed by atoms with Gasteiger partial charge in [0.25, 0.3) is 0 Å². The second-order valence-electron chi connectivity index (χ2n) is 26.5. The first-order valence-electron chi connectivity index (χ1n) is 40.1. The van der Waals surface area contributed by atoms with Crippen molar-refractivity contribution < 1.29 is 38.1 Å². The van der Waals surface area contributed by atoms with Crippen molar-refractivity contribution in [3.05, 3.63) is 97.2 Å². The third-order valence-electron chi connectivity index (χ3n) is 17.7. The van der Waals surface area contributed by atoms with Gasteiger partial charge in [-0.05, 0) is 174 Å². The van der Waals surface area contributed by atoms with Crippen LogP contribution in [0.5, 0.6) is 0 Å². The molecule has 0 aromatic carbocycles. The number of ether oxygens (including phenoxy) is 4. The van der Waals surface area contributed by atoms with Crippen LogP contribution in [0.4, 0.5) is 0 Å². The molecule has 0 amide bonds. The van der Waals surface area contributed by atoms with Gasteiger partial charge in [-0.15, -0.1) is 0 Å². The summed E-state index contributed by atoms with van der Waals surface area (Å²) in [4.78, 5) is 56.0. The Morgan fingerprint density at radius 1 is 0.284 bits per heavy atom. The molecule has 0 aromatic heterocycles. The van der Waals surface area contributed by atoms with Crippen molar-refractivity contribution >= 4 is 23.9 Å². The van der Waals surface area contributed by atoms with Crippen molar-refractivity contribution in [3.63, 3.8) is 0 Å². The Balaban J connectivity index is 4.39. The molecule has 0 aromatic rings. The summed E-state index contributed by atoms with van der Waals surface area (Å²) < 4.78 is 23.4. The molecule has 95 heavy (non-hydrogen) atoms. The normalized spacial score (nSPS) is 13.0. The first-order chi connectivity index (χ1) is 46.7. The van der Waals surface area contributed by atoms with Gasteiger partial charge in [0.1, 0.15) is 12.2 Å². The third-order valence-corrected chi connectivity index (χ3v) is 17.7. The first-order valence-corrected chi connectivity index (χ1v) is 40.1. The summed E-state index contributed by atoms with van der Waals surface area (Å²) in [6, 6.07) is 0. The molecule has 0 N–H and O–H groups in total. The summed E-state index contributed by atoms with van der Waals surface area (Å²) >= 11 is 0. The summed E-state index contributed by atoms with van der Waals surface area (Å²) in [6.45, 7) is 19.1. The minimum absolute atomic E-state index is 0.0156. The monoisotopic (exact) mass is 1330 g/mol. The van der Waals surface area contributed by atoms with E-state index in [1.54, 1.807) is 0 Å². The number of unbranched alkanes of at least 4 members (excludes halogenated alkanes) is 28. The van der Waals surface area contributed by atoms with Crippen LogP contribution in [0.3, 0.4) is 0 Å². The maximum absolute atomic E-state index is 12.8. The third kappa shape index (κ3) is 69.4. The fourth-order valence-electron chi connectivity index (χ4n) is 11.6. The zero-order valence-electron chi connectivity index (χ0n) is 62.9. The smallest absolute Gasteiger partial charge is 0.307 e. The molecule has 0 fully saturated rings. The van der Waals surface area contributed by atoms with E-state index in [1.807, 2.05) is 0 Å². The first kappa shape index (κ1) is 90.7. The van der Waals surface area contributed by atoms with Gasteiger partial charge in [0.05, 0.1) is 26.1 Å². The van der Waals surface area contributed by atoms with Crippen molar-refractivity contribution in [1.29, 1.82) is 0 Å². The molecule has 0 saturated carbocycles. The van der Waals surface area contributed by atoms with E-state index >= 15 is 0 Å². The van der Waals surface area contributed by atoms with Crippen LogP contribution in [0, 0.1) is 0 Å². The summed E-state index contributed by atoms with van der Waals surface area (Å²) in [6.07, 6.45) is 86.8. The molecule has 0 heterocycles. The van der Waals surface area contributed by atoms with Crippen LogP contribution in [0.15, 0.2) is 97.2 Å². The minimum Gasteiger partial charge on any atom is -0.466 e. The highest BCUT2D eigenvalue weighted by atomic mass is 16.6. The molecular formula is C85H150N2O8. The zero-order chi connectivity index (χ0) is 69.1. The molecule has 0 rings (SSSR count). The van der Waals surface area contributed by atoms with Crippen LogP contribution in [0.1, 0.15) is 356 Å². The molecule has 548 valence electrons. The Hall–Kier alpha value is -4.28. The lowest BCUT2D eigenvalue weighted by atomic mass is 10.1. The highest BCUT2D eigenvalue weighted by Crippen LogP contribution is 2.19. The molecule has 2 unspecified atom stereocenters. The van der Waals surface area contributed by atoms with Crippen LogP contribution in [0.25, 0.3) is 0 Å². The fourth-order valence-corrected chi connectivity index (χ4v) is 11.6. The summed E-state index contributed by atoms with van der Waals surface area (Å²) in [5.41, 5.74) is 0. The van der Waals surface area contributed by atoms with Crippen LogP contribution >= 0.6 is 0 Å². The van der Waals surface area contributed by atoms with Crippen molar-refractivity contribution in [1.82, 2.24) is 9.80 Å². The van der Waals surface area contributed by atoms with Gasteiger partial charge < -0.3 is 28.7 Å². The van der Waals surface area contributed by atoms with Crippen LogP contribution in [0.2, 0.25) is 0 Å². The van der Waals surface area contributed by atoms with Crippen LogP contribution < -0.4 is 0 Å². The molecule has 0 radical (unpaired) electrons. The maximum atomic E-state index is 12.8. The number of esters is 4. The lowest BCUT2D eigenvalue weighted by Gasteiger charge is -2.24. The predicted octanol–water partition coefficient (Wildman–Crippen LogP) is 24.2. The Bertz CT molecular complexity index is 1820. The number of carbonyl (C=O) groups excluding carboxylic acids is 4. The molecule has 10 heteroatoms. The lowest BCUT2D eigenvalue weighted by molar-refractivity contribution is -0.150. The lowest BCUT2D eigenvalue weighted by Crippen LogP contribution is -2.33. The number of allylic oxidation sites excluding steroid dienone is 14. The number of rotatable bonds is 72. The highest BCUT2D eigenvalue weighted by molar-refractivity contribution is 5.70. The van der Waals surface area contributed by atoms with E-state index in [2.05, 4.69) is 149 Å². The van der Waals surface area contributed by atoms with E-state index in [4.69, 9.17) is 18.9 Å². The Labute approximate surface area is 586 Å². The summed E-state index contributed by atoms with van der Waals surface area (Å²) in [5.74, 6) is -0.380. The van der Waals surface area contributed by atoms with Gasteiger partial charge in [-0.2, -0.15) is 0 Å². The molecule has 0 aliphatic rings.